The van der Waals surface area contributed by atoms with Crippen molar-refractivity contribution in [2.24, 2.45) is 5.92 Å². The van der Waals surface area contributed by atoms with Crippen LogP contribution >= 0.6 is 24.8 Å². The van der Waals surface area contributed by atoms with Gasteiger partial charge >= 0.3 is 6.61 Å². The fraction of sp³-hybridized carbons (Fsp3) is 0.647. The lowest BCUT2D eigenvalue weighted by Gasteiger charge is -2.36. The summed E-state index contributed by atoms with van der Waals surface area (Å²) in [5.74, 6) is 0.901. The van der Waals surface area contributed by atoms with E-state index in [1.165, 1.54) is 0 Å². The molecule has 1 N–H and O–H groups in total. The van der Waals surface area contributed by atoms with Crippen molar-refractivity contribution in [1.29, 1.82) is 0 Å². The molecule has 0 bridgehead atoms. The molecule has 1 atom stereocenters. The Morgan fingerprint density at radius 2 is 1.71 bits per heavy atom. The fourth-order valence-corrected chi connectivity index (χ4v) is 2.98. The number of hydrogen-bond donors (Lipinski definition) is 1. The number of piperazine rings is 1. The van der Waals surface area contributed by atoms with Crippen molar-refractivity contribution in [2.45, 2.75) is 39.3 Å². The number of para-hydroxylation sites is 1. The molecule has 0 spiro atoms. The van der Waals surface area contributed by atoms with E-state index in [2.05, 4.69) is 24.1 Å². The zero-order chi connectivity index (χ0) is 15.9. The maximum atomic E-state index is 12.7. The third-order valence-corrected chi connectivity index (χ3v) is 4.10. The van der Waals surface area contributed by atoms with E-state index in [9.17, 15) is 8.78 Å². The van der Waals surface area contributed by atoms with Crippen LogP contribution in [0.2, 0.25) is 0 Å². The molecule has 1 saturated heterocycles. The van der Waals surface area contributed by atoms with E-state index in [4.69, 9.17) is 4.74 Å². The zero-order valence-electron chi connectivity index (χ0n) is 14.2. The van der Waals surface area contributed by atoms with Gasteiger partial charge in [-0.05, 0) is 24.8 Å². The Bertz CT molecular complexity index is 458. The maximum absolute atomic E-state index is 12.7. The van der Waals surface area contributed by atoms with Crippen LogP contribution in [0.25, 0.3) is 0 Å². The molecule has 2 rings (SSSR count). The molecule has 1 aliphatic heterocycles. The highest BCUT2D eigenvalue weighted by molar-refractivity contribution is 5.85. The highest BCUT2D eigenvalue weighted by Gasteiger charge is 2.25. The van der Waals surface area contributed by atoms with Gasteiger partial charge in [-0.15, -0.1) is 24.8 Å². The van der Waals surface area contributed by atoms with Crippen LogP contribution in [0.15, 0.2) is 24.3 Å². The Morgan fingerprint density at radius 3 is 2.29 bits per heavy atom. The van der Waals surface area contributed by atoms with Crippen molar-refractivity contribution in [3.63, 3.8) is 0 Å². The number of halogens is 4. The molecule has 1 heterocycles. The van der Waals surface area contributed by atoms with E-state index in [-0.39, 0.29) is 30.9 Å². The maximum Gasteiger partial charge on any atom is 0.387 e. The van der Waals surface area contributed by atoms with Gasteiger partial charge in [-0.25, -0.2) is 0 Å². The topological polar surface area (TPSA) is 24.5 Å². The van der Waals surface area contributed by atoms with Crippen molar-refractivity contribution >= 4 is 24.8 Å². The lowest BCUT2D eigenvalue weighted by Crippen LogP contribution is -2.45. The minimum absolute atomic E-state index is 0. The number of nitrogens with one attached hydrogen (secondary N) is 1. The van der Waals surface area contributed by atoms with Gasteiger partial charge in [0.1, 0.15) is 5.75 Å². The molecule has 140 valence electrons. The second kappa shape index (κ2) is 11.9. The molecule has 24 heavy (non-hydrogen) atoms. The molecular formula is C17H28Cl2F2N2O. The quantitative estimate of drug-likeness (QED) is 0.747. The number of nitrogens with zero attached hydrogens (tertiary/aromatic N) is 1. The number of benzene rings is 1. The normalized spacial score (nSPS) is 16.4. The molecule has 1 fully saturated rings. The van der Waals surface area contributed by atoms with Gasteiger partial charge in [0.25, 0.3) is 0 Å². The predicted octanol–water partition coefficient (Wildman–Crippen LogP) is 4.51. The summed E-state index contributed by atoms with van der Waals surface area (Å²) in [6, 6.07) is 7.35. The van der Waals surface area contributed by atoms with Crippen LogP contribution in [0.1, 0.15) is 38.3 Å². The molecule has 0 saturated carbocycles. The molecule has 3 nitrogen and oxygen atoms in total. The summed E-state index contributed by atoms with van der Waals surface area (Å²) in [7, 11) is 0. The molecule has 0 aromatic heterocycles. The molecule has 1 aliphatic rings. The van der Waals surface area contributed by atoms with E-state index in [0.717, 1.165) is 44.6 Å². The number of hydrogen-bond acceptors (Lipinski definition) is 3. The van der Waals surface area contributed by atoms with Gasteiger partial charge < -0.3 is 10.1 Å². The number of alkyl halides is 2. The fourth-order valence-electron chi connectivity index (χ4n) is 2.98. The lowest BCUT2D eigenvalue weighted by atomic mass is 9.95. The van der Waals surface area contributed by atoms with E-state index in [0.29, 0.717) is 11.7 Å². The first-order valence-corrected chi connectivity index (χ1v) is 8.06. The monoisotopic (exact) mass is 384 g/mol. The molecule has 1 aromatic rings. The van der Waals surface area contributed by atoms with Gasteiger partial charge in [-0.3, -0.25) is 4.90 Å². The van der Waals surface area contributed by atoms with Crippen molar-refractivity contribution in [3.8, 4) is 5.75 Å². The molecular weight excluding hydrogens is 357 g/mol. The average Bonchev–Trinajstić information content (AvgIpc) is 2.49. The van der Waals surface area contributed by atoms with Crippen molar-refractivity contribution in [1.82, 2.24) is 10.2 Å². The van der Waals surface area contributed by atoms with E-state index < -0.39 is 6.61 Å². The largest absolute Gasteiger partial charge is 0.434 e. The zero-order valence-corrected chi connectivity index (χ0v) is 15.8. The molecule has 0 aliphatic carbocycles. The Kier molecular flexibility index (Phi) is 11.5. The smallest absolute Gasteiger partial charge is 0.387 e. The van der Waals surface area contributed by atoms with Crippen LogP contribution in [0.4, 0.5) is 8.78 Å². The summed E-state index contributed by atoms with van der Waals surface area (Å²) in [5, 5.41) is 3.34. The van der Waals surface area contributed by atoms with Gasteiger partial charge in [-0.2, -0.15) is 8.78 Å². The third-order valence-electron chi connectivity index (χ3n) is 4.10. The first-order valence-electron chi connectivity index (χ1n) is 8.06. The van der Waals surface area contributed by atoms with Gasteiger partial charge in [0, 0.05) is 37.8 Å². The summed E-state index contributed by atoms with van der Waals surface area (Å²) in [5.41, 5.74) is 0.880. The van der Waals surface area contributed by atoms with Crippen LogP contribution in [-0.2, 0) is 0 Å². The van der Waals surface area contributed by atoms with Crippen LogP contribution < -0.4 is 10.1 Å². The van der Waals surface area contributed by atoms with Crippen LogP contribution in [-0.4, -0.2) is 37.7 Å². The van der Waals surface area contributed by atoms with Crippen molar-refractivity contribution < 1.29 is 13.5 Å². The van der Waals surface area contributed by atoms with Crippen LogP contribution in [0, 0.1) is 5.92 Å². The van der Waals surface area contributed by atoms with E-state index in [1.807, 2.05) is 12.1 Å². The summed E-state index contributed by atoms with van der Waals surface area (Å²) in [6.07, 6.45) is 2.03. The summed E-state index contributed by atoms with van der Waals surface area (Å²) >= 11 is 0. The minimum atomic E-state index is -2.78. The minimum Gasteiger partial charge on any atom is -0.434 e. The molecule has 7 heteroatoms. The molecule has 0 unspecified atom stereocenters. The van der Waals surface area contributed by atoms with E-state index >= 15 is 0 Å². The lowest BCUT2D eigenvalue weighted by molar-refractivity contribution is -0.0513. The van der Waals surface area contributed by atoms with Crippen molar-refractivity contribution in [3.05, 3.63) is 29.8 Å². The summed E-state index contributed by atoms with van der Waals surface area (Å²) in [6.45, 7) is 5.35. The SMILES string of the molecule is CC(C)CC[C@@H](c1ccccc1OC(F)F)N1CCNCC1.Cl.Cl. The van der Waals surface area contributed by atoms with E-state index in [1.54, 1.807) is 12.1 Å². The Balaban J connectivity index is 0.00000264. The average molecular weight is 385 g/mol. The summed E-state index contributed by atoms with van der Waals surface area (Å²) < 4.78 is 30.1. The van der Waals surface area contributed by atoms with Gasteiger partial charge in [0.2, 0.25) is 0 Å². The highest BCUT2D eigenvalue weighted by atomic mass is 35.5. The molecule has 0 radical (unpaired) electrons. The first-order chi connectivity index (χ1) is 10.6. The second-order valence-corrected chi connectivity index (χ2v) is 6.19. The van der Waals surface area contributed by atoms with Gasteiger partial charge in [0.05, 0.1) is 0 Å². The molecule has 1 aromatic carbocycles. The number of rotatable bonds is 7. The van der Waals surface area contributed by atoms with Crippen LogP contribution in [0.3, 0.4) is 0 Å². The third kappa shape index (κ3) is 7.09. The Morgan fingerprint density at radius 1 is 1.08 bits per heavy atom. The van der Waals surface area contributed by atoms with Gasteiger partial charge in [-0.1, -0.05) is 32.0 Å². The Hall–Kier alpha value is -0.620. The standard InChI is InChI=1S/C17H26F2N2O.2ClH/c1-13(2)7-8-15(21-11-9-20-10-12-21)14-5-3-4-6-16(14)22-17(18)19;;/h3-6,13,15,17,20H,7-12H2,1-2H3;2*1H/t15-;;/m0../s1. The second-order valence-electron chi connectivity index (χ2n) is 6.19. The molecule has 0 amide bonds. The van der Waals surface area contributed by atoms with Gasteiger partial charge in [0.15, 0.2) is 0 Å². The first kappa shape index (κ1) is 23.4. The number of ether oxygens (including phenoxy) is 1. The highest BCUT2D eigenvalue weighted by Crippen LogP contribution is 2.34. The predicted molar refractivity (Wildman–Crippen MR) is 98.8 cm³/mol. The summed E-state index contributed by atoms with van der Waals surface area (Å²) in [4.78, 5) is 2.38. The Labute approximate surface area is 156 Å². The van der Waals surface area contributed by atoms with Crippen molar-refractivity contribution in [2.75, 3.05) is 26.2 Å². The van der Waals surface area contributed by atoms with Crippen LogP contribution in [0.5, 0.6) is 5.75 Å².